The third-order valence-electron chi connectivity index (χ3n) is 2.08. The summed E-state index contributed by atoms with van der Waals surface area (Å²) in [7, 11) is 3.50. The molecule has 0 saturated carbocycles. The molecule has 0 spiro atoms. The number of rotatable bonds is 1. The van der Waals surface area contributed by atoms with E-state index in [0.717, 1.165) is 4.73 Å². The Morgan fingerprint density at radius 2 is 2.12 bits per heavy atom. The van der Waals surface area contributed by atoms with E-state index in [2.05, 4.69) is 4.98 Å². The highest BCUT2D eigenvalue weighted by atomic mass is 32.1. The van der Waals surface area contributed by atoms with E-state index in [1.54, 1.807) is 31.1 Å². The summed E-state index contributed by atoms with van der Waals surface area (Å²) < 4.78 is 1.15. The predicted molar refractivity (Wildman–Crippen MR) is 65.4 cm³/mol. The van der Waals surface area contributed by atoms with Crippen molar-refractivity contribution in [2.24, 2.45) is 0 Å². The highest BCUT2D eigenvalue weighted by Gasteiger charge is 2.09. The lowest BCUT2D eigenvalue weighted by Gasteiger charge is -2.13. The monoisotopic (exact) mass is 237 g/mol. The fraction of sp³-hybridized carbons (Fsp3) is 0.200. The summed E-state index contributed by atoms with van der Waals surface area (Å²) in [5, 5.41) is 0.229. The number of thiocarbonyl (C=S) groups is 1. The van der Waals surface area contributed by atoms with E-state index in [4.69, 9.17) is 17.1 Å². The van der Waals surface area contributed by atoms with Crippen molar-refractivity contribution < 1.29 is 4.84 Å². The molecule has 0 saturated heterocycles. The first-order valence-electron chi connectivity index (χ1n) is 4.69. The van der Waals surface area contributed by atoms with Gasteiger partial charge in [0.05, 0.1) is 5.52 Å². The van der Waals surface area contributed by atoms with Gasteiger partial charge in [0.2, 0.25) is 0 Å². The summed E-state index contributed by atoms with van der Waals surface area (Å²) in [6, 6.07) is 7.25. The Balaban J connectivity index is 2.48. The van der Waals surface area contributed by atoms with Crippen LogP contribution >= 0.6 is 12.2 Å². The molecule has 0 aliphatic carbocycles. The molecule has 0 atom stereocenters. The molecule has 1 N–H and O–H groups in total. The number of benzene rings is 1. The van der Waals surface area contributed by atoms with Gasteiger partial charge >= 0.3 is 5.69 Å². The number of hydrogen-bond acceptors (Lipinski definition) is 3. The van der Waals surface area contributed by atoms with E-state index < -0.39 is 0 Å². The topological polar surface area (TPSA) is 50.3 Å². The quantitative estimate of drug-likeness (QED) is 0.738. The second-order valence-corrected chi connectivity index (χ2v) is 3.84. The molecule has 1 aromatic carbocycles. The van der Waals surface area contributed by atoms with Crippen LogP contribution in [0.5, 0.6) is 0 Å². The van der Waals surface area contributed by atoms with Gasteiger partial charge in [-0.15, -0.1) is 4.73 Å². The molecule has 0 bridgehead atoms. The molecule has 1 heterocycles. The molecular weight excluding hydrogens is 226 g/mol. The number of fused-ring (bicyclic) bond motifs is 1. The summed E-state index contributed by atoms with van der Waals surface area (Å²) in [4.78, 5) is 21.2. The number of aromatic nitrogens is 2. The van der Waals surface area contributed by atoms with Gasteiger partial charge in [0.25, 0.3) is 5.17 Å². The molecule has 6 heteroatoms. The minimum atomic E-state index is -0.342. The molecule has 2 aromatic rings. The first kappa shape index (κ1) is 10.7. The maximum atomic E-state index is 11.6. The number of imidazole rings is 1. The predicted octanol–water partition coefficient (Wildman–Crippen LogP) is 0.605. The van der Waals surface area contributed by atoms with Crippen LogP contribution in [0.25, 0.3) is 11.0 Å². The number of nitrogens with zero attached hydrogens (tertiary/aromatic N) is 2. The van der Waals surface area contributed by atoms with Crippen LogP contribution in [0.1, 0.15) is 0 Å². The van der Waals surface area contributed by atoms with Gasteiger partial charge < -0.3 is 14.7 Å². The van der Waals surface area contributed by atoms with E-state index in [0.29, 0.717) is 11.0 Å². The van der Waals surface area contributed by atoms with Gasteiger partial charge in [-0.1, -0.05) is 12.1 Å². The fourth-order valence-corrected chi connectivity index (χ4v) is 1.36. The molecule has 0 amide bonds. The molecular formula is C10H11N3O2S. The fourth-order valence-electron chi connectivity index (χ4n) is 1.28. The van der Waals surface area contributed by atoms with Crippen LogP contribution in [0.15, 0.2) is 29.1 Å². The minimum absolute atomic E-state index is 0.229. The highest BCUT2D eigenvalue weighted by Crippen LogP contribution is 2.07. The average molecular weight is 237 g/mol. The maximum Gasteiger partial charge on any atom is 0.360 e. The third-order valence-corrected chi connectivity index (χ3v) is 2.52. The Hall–Kier alpha value is -1.82. The lowest BCUT2D eigenvalue weighted by molar-refractivity contribution is 0.235. The van der Waals surface area contributed by atoms with Crippen molar-refractivity contribution in [2.45, 2.75) is 0 Å². The van der Waals surface area contributed by atoms with E-state index in [1.165, 1.54) is 0 Å². The first-order chi connectivity index (χ1) is 7.59. The van der Waals surface area contributed by atoms with E-state index in [9.17, 15) is 4.79 Å². The first-order valence-corrected chi connectivity index (χ1v) is 5.10. The Kier molecular flexibility index (Phi) is 2.66. The van der Waals surface area contributed by atoms with E-state index in [1.807, 2.05) is 12.1 Å². The van der Waals surface area contributed by atoms with Gasteiger partial charge in [-0.25, -0.2) is 4.79 Å². The van der Waals surface area contributed by atoms with Gasteiger partial charge in [-0.2, -0.15) is 0 Å². The lowest BCUT2D eigenvalue weighted by Crippen LogP contribution is -2.35. The Labute approximate surface area is 97.2 Å². The smallest absolute Gasteiger partial charge is 0.340 e. The second kappa shape index (κ2) is 3.97. The van der Waals surface area contributed by atoms with Gasteiger partial charge in [0.15, 0.2) is 0 Å². The van der Waals surface area contributed by atoms with Crippen LogP contribution in [0.4, 0.5) is 0 Å². The summed E-state index contributed by atoms with van der Waals surface area (Å²) in [5.41, 5.74) is 1.04. The van der Waals surface area contributed by atoms with Crippen molar-refractivity contribution in [2.75, 3.05) is 14.1 Å². The Bertz CT molecular complexity index is 585. The Morgan fingerprint density at radius 1 is 1.44 bits per heavy atom. The molecule has 0 aliphatic heterocycles. The molecule has 1 aromatic heterocycles. The average Bonchev–Trinajstić information content (AvgIpc) is 2.55. The summed E-state index contributed by atoms with van der Waals surface area (Å²) in [6.45, 7) is 0. The van der Waals surface area contributed by atoms with Crippen LogP contribution in [-0.2, 0) is 0 Å². The zero-order valence-corrected chi connectivity index (χ0v) is 9.75. The van der Waals surface area contributed by atoms with Crippen molar-refractivity contribution in [1.82, 2.24) is 14.6 Å². The lowest BCUT2D eigenvalue weighted by atomic mass is 10.3. The van der Waals surface area contributed by atoms with E-state index >= 15 is 0 Å². The third kappa shape index (κ3) is 1.79. The summed E-state index contributed by atoms with van der Waals surface area (Å²) >= 11 is 4.98. The van der Waals surface area contributed by atoms with Gasteiger partial charge in [0, 0.05) is 14.1 Å². The molecule has 0 unspecified atom stereocenters. The van der Waals surface area contributed by atoms with Crippen molar-refractivity contribution in [1.29, 1.82) is 0 Å². The number of hydrogen-bond donors (Lipinski definition) is 1. The van der Waals surface area contributed by atoms with Gasteiger partial charge in [0.1, 0.15) is 5.52 Å². The van der Waals surface area contributed by atoms with E-state index in [-0.39, 0.29) is 10.9 Å². The Morgan fingerprint density at radius 3 is 2.81 bits per heavy atom. The zero-order chi connectivity index (χ0) is 11.7. The van der Waals surface area contributed by atoms with Crippen LogP contribution in [0, 0.1) is 0 Å². The molecule has 0 fully saturated rings. The largest absolute Gasteiger partial charge is 0.360 e. The minimum Gasteiger partial charge on any atom is -0.340 e. The SMILES string of the molecule is CN(C)C(=S)On1c(=O)[nH]c2ccccc21. The molecule has 2 rings (SSSR count). The molecule has 16 heavy (non-hydrogen) atoms. The highest BCUT2D eigenvalue weighted by molar-refractivity contribution is 7.80. The van der Waals surface area contributed by atoms with Crippen LogP contribution in [-0.4, -0.2) is 33.9 Å². The normalized spacial score (nSPS) is 10.4. The number of para-hydroxylation sites is 2. The van der Waals surface area contributed by atoms with Crippen molar-refractivity contribution in [3.8, 4) is 0 Å². The maximum absolute atomic E-state index is 11.6. The van der Waals surface area contributed by atoms with Crippen molar-refractivity contribution >= 4 is 28.4 Å². The number of nitrogens with one attached hydrogen (secondary N) is 1. The second-order valence-electron chi connectivity index (χ2n) is 3.49. The number of aromatic amines is 1. The van der Waals surface area contributed by atoms with Crippen LogP contribution < -0.4 is 10.5 Å². The van der Waals surface area contributed by atoms with Gasteiger partial charge in [-0.05, 0) is 24.4 Å². The molecule has 0 radical (unpaired) electrons. The van der Waals surface area contributed by atoms with Crippen LogP contribution in [0.2, 0.25) is 0 Å². The molecule has 84 valence electrons. The zero-order valence-electron chi connectivity index (χ0n) is 8.93. The summed E-state index contributed by atoms with van der Waals surface area (Å²) in [5.74, 6) is 0. The van der Waals surface area contributed by atoms with Gasteiger partial charge in [-0.3, -0.25) is 0 Å². The van der Waals surface area contributed by atoms with Crippen molar-refractivity contribution in [3.05, 3.63) is 34.7 Å². The summed E-state index contributed by atoms with van der Waals surface area (Å²) in [6.07, 6.45) is 0. The molecule has 5 nitrogen and oxygen atoms in total. The van der Waals surface area contributed by atoms with Crippen molar-refractivity contribution in [3.63, 3.8) is 0 Å². The standard InChI is InChI=1S/C10H11N3O2S/c1-12(2)10(16)15-13-8-6-4-3-5-7(8)11-9(13)14/h3-6H,1-2H3,(H,11,14). The van der Waals surface area contributed by atoms with Crippen LogP contribution in [0.3, 0.4) is 0 Å². The number of H-pyrrole nitrogens is 1. The molecule has 0 aliphatic rings.